The van der Waals surface area contributed by atoms with Gasteiger partial charge in [-0.05, 0) is 31.6 Å². The van der Waals surface area contributed by atoms with Crippen LogP contribution in [-0.2, 0) is 0 Å². The fourth-order valence-corrected chi connectivity index (χ4v) is 3.45. The third-order valence-electron chi connectivity index (χ3n) is 5.01. The predicted molar refractivity (Wildman–Crippen MR) is 88.4 cm³/mol. The van der Waals surface area contributed by atoms with Crippen molar-refractivity contribution in [3.63, 3.8) is 0 Å². The minimum atomic E-state index is -0.116. The van der Waals surface area contributed by atoms with Crippen molar-refractivity contribution in [3.05, 3.63) is 18.1 Å². The van der Waals surface area contributed by atoms with Crippen LogP contribution < -0.4 is 10.2 Å². The summed E-state index contributed by atoms with van der Waals surface area (Å²) in [5, 5.41) is 12.3. The van der Waals surface area contributed by atoms with E-state index in [0.717, 1.165) is 44.6 Å². The van der Waals surface area contributed by atoms with Gasteiger partial charge in [-0.3, -0.25) is 4.79 Å². The van der Waals surface area contributed by atoms with Crippen molar-refractivity contribution in [2.24, 2.45) is 5.92 Å². The number of piperidine rings is 1. The van der Waals surface area contributed by atoms with Gasteiger partial charge in [0.1, 0.15) is 11.5 Å². The van der Waals surface area contributed by atoms with Gasteiger partial charge in [0.25, 0.3) is 5.91 Å². The molecule has 2 N–H and O–H groups in total. The molecule has 3 rings (SSSR count). The van der Waals surface area contributed by atoms with Gasteiger partial charge in [-0.1, -0.05) is 19.3 Å². The molecule has 1 aromatic rings. The average Bonchev–Trinajstić information content (AvgIpc) is 2.63. The molecular weight excluding hydrogens is 292 g/mol. The second kappa shape index (κ2) is 7.73. The highest BCUT2D eigenvalue weighted by molar-refractivity contribution is 5.92. The topological polar surface area (TPSA) is 78.4 Å². The SMILES string of the molecule is O=C(NC1CCCCC1)c1cnc(N2CCC(CO)CC2)cn1. The fourth-order valence-electron chi connectivity index (χ4n) is 3.45. The summed E-state index contributed by atoms with van der Waals surface area (Å²) in [6, 6.07) is 0.287. The molecule has 0 atom stereocenters. The van der Waals surface area contributed by atoms with E-state index in [4.69, 9.17) is 0 Å². The second-order valence-corrected chi connectivity index (χ2v) is 6.68. The molecule has 23 heavy (non-hydrogen) atoms. The summed E-state index contributed by atoms with van der Waals surface area (Å²) >= 11 is 0. The normalized spacial score (nSPS) is 20.5. The van der Waals surface area contributed by atoms with Crippen LogP contribution in [0.2, 0.25) is 0 Å². The zero-order valence-corrected chi connectivity index (χ0v) is 13.6. The number of aliphatic hydroxyl groups excluding tert-OH is 1. The van der Waals surface area contributed by atoms with Crippen molar-refractivity contribution in [2.75, 3.05) is 24.6 Å². The maximum atomic E-state index is 12.2. The number of anilines is 1. The Balaban J connectivity index is 1.55. The fraction of sp³-hybridized carbons (Fsp3) is 0.706. The standard InChI is InChI=1S/C17H26N4O2/c22-12-13-6-8-21(9-7-13)16-11-18-15(10-19-16)17(23)20-14-4-2-1-3-5-14/h10-11,13-14,22H,1-9,12H2,(H,20,23). The van der Waals surface area contributed by atoms with E-state index in [9.17, 15) is 9.90 Å². The Morgan fingerprint density at radius 1 is 1.13 bits per heavy atom. The van der Waals surface area contributed by atoms with E-state index in [1.54, 1.807) is 12.4 Å². The summed E-state index contributed by atoms with van der Waals surface area (Å²) in [5.41, 5.74) is 0.393. The Labute approximate surface area is 137 Å². The number of hydrogen-bond acceptors (Lipinski definition) is 5. The van der Waals surface area contributed by atoms with Gasteiger partial charge in [0.2, 0.25) is 0 Å². The number of amides is 1. The molecule has 1 amide bonds. The van der Waals surface area contributed by atoms with Crippen molar-refractivity contribution in [3.8, 4) is 0 Å². The summed E-state index contributed by atoms with van der Waals surface area (Å²) in [6.45, 7) is 2.03. The molecular formula is C17H26N4O2. The van der Waals surface area contributed by atoms with Gasteiger partial charge in [0.15, 0.2) is 0 Å². The summed E-state index contributed by atoms with van der Waals surface area (Å²) in [7, 11) is 0. The molecule has 0 radical (unpaired) electrons. The molecule has 6 nitrogen and oxygen atoms in total. The summed E-state index contributed by atoms with van der Waals surface area (Å²) in [6.07, 6.45) is 11.0. The third-order valence-corrected chi connectivity index (χ3v) is 5.01. The van der Waals surface area contributed by atoms with Crippen LogP contribution in [0.15, 0.2) is 12.4 Å². The van der Waals surface area contributed by atoms with Crippen molar-refractivity contribution in [2.45, 2.75) is 51.0 Å². The number of nitrogens with zero attached hydrogens (tertiary/aromatic N) is 3. The minimum Gasteiger partial charge on any atom is -0.396 e. The van der Waals surface area contributed by atoms with Crippen LogP contribution in [0.3, 0.4) is 0 Å². The highest BCUT2D eigenvalue weighted by atomic mass is 16.3. The largest absolute Gasteiger partial charge is 0.396 e. The van der Waals surface area contributed by atoms with Gasteiger partial charge < -0.3 is 15.3 Å². The first-order valence-corrected chi connectivity index (χ1v) is 8.75. The first-order valence-electron chi connectivity index (χ1n) is 8.75. The van der Waals surface area contributed by atoms with Crippen molar-refractivity contribution in [1.82, 2.24) is 15.3 Å². The van der Waals surface area contributed by atoms with Crippen molar-refractivity contribution >= 4 is 11.7 Å². The van der Waals surface area contributed by atoms with E-state index in [0.29, 0.717) is 11.6 Å². The quantitative estimate of drug-likeness (QED) is 0.884. The monoisotopic (exact) mass is 318 g/mol. The lowest BCUT2D eigenvalue weighted by Gasteiger charge is -2.31. The molecule has 1 aliphatic carbocycles. The van der Waals surface area contributed by atoms with E-state index in [1.165, 1.54) is 19.3 Å². The molecule has 0 aromatic carbocycles. The molecule has 1 aliphatic heterocycles. The smallest absolute Gasteiger partial charge is 0.271 e. The molecule has 2 heterocycles. The van der Waals surface area contributed by atoms with Gasteiger partial charge >= 0.3 is 0 Å². The van der Waals surface area contributed by atoms with Crippen molar-refractivity contribution in [1.29, 1.82) is 0 Å². The van der Waals surface area contributed by atoms with E-state index in [1.807, 2.05) is 0 Å². The summed E-state index contributed by atoms with van der Waals surface area (Å²) in [5.74, 6) is 1.10. The molecule has 1 saturated carbocycles. The van der Waals surface area contributed by atoms with Crippen LogP contribution in [0.4, 0.5) is 5.82 Å². The van der Waals surface area contributed by atoms with Gasteiger partial charge in [-0.2, -0.15) is 0 Å². The molecule has 6 heteroatoms. The van der Waals surface area contributed by atoms with E-state index in [-0.39, 0.29) is 18.6 Å². The van der Waals surface area contributed by atoms with Crippen LogP contribution in [0.5, 0.6) is 0 Å². The molecule has 1 saturated heterocycles. The van der Waals surface area contributed by atoms with Gasteiger partial charge in [-0.25, -0.2) is 9.97 Å². The lowest BCUT2D eigenvalue weighted by Crippen LogP contribution is -2.37. The molecule has 0 spiro atoms. The molecule has 0 unspecified atom stereocenters. The number of hydrogen-bond donors (Lipinski definition) is 2. The molecule has 2 fully saturated rings. The lowest BCUT2D eigenvalue weighted by molar-refractivity contribution is 0.0922. The van der Waals surface area contributed by atoms with Crippen LogP contribution in [-0.4, -0.2) is 46.7 Å². The molecule has 0 bridgehead atoms. The molecule has 1 aromatic heterocycles. The van der Waals surface area contributed by atoms with E-state index in [2.05, 4.69) is 20.2 Å². The predicted octanol–water partition coefficient (Wildman–Crippen LogP) is 1.75. The first kappa shape index (κ1) is 16.2. The van der Waals surface area contributed by atoms with E-state index >= 15 is 0 Å². The van der Waals surface area contributed by atoms with Crippen LogP contribution in [0, 0.1) is 5.92 Å². The van der Waals surface area contributed by atoms with E-state index < -0.39 is 0 Å². The Hall–Kier alpha value is -1.69. The number of rotatable bonds is 4. The summed E-state index contributed by atoms with van der Waals surface area (Å²) < 4.78 is 0. The van der Waals surface area contributed by atoms with Crippen molar-refractivity contribution < 1.29 is 9.90 Å². The number of aromatic nitrogens is 2. The number of carbonyl (C=O) groups excluding carboxylic acids is 1. The van der Waals surface area contributed by atoms with Gasteiger partial charge in [-0.15, -0.1) is 0 Å². The van der Waals surface area contributed by atoms with Crippen LogP contribution >= 0.6 is 0 Å². The number of nitrogens with one attached hydrogen (secondary N) is 1. The maximum absolute atomic E-state index is 12.2. The zero-order valence-electron chi connectivity index (χ0n) is 13.6. The summed E-state index contributed by atoms with van der Waals surface area (Å²) in [4.78, 5) is 23.1. The minimum absolute atomic E-state index is 0.116. The zero-order chi connectivity index (χ0) is 16.1. The number of carbonyl (C=O) groups is 1. The second-order valence-electron chi connectivity index (χ2n) is 6.68. The number of aliphatic hydroxyl groups is 1. The third kappa shape index (κ3) is 4.19. The Bertz CT molecular complexity index is 506. The lowest BCUT2D eigenvalue weighted by atomic mass is 9.95. The Morgan fingerprint density at radius 2 is 1.87 bits per heavy atom. The first-order chi connectivity index (χ1) is 11.3. The van der Waals surface area contributed by atoms with Gasteiger partial charge in [0.05, 0.1) is 12.4 Å². The maximum Gasteiger partial charge on any atom is 0.271 e. The highest BCUT2D eigenvalue weighted by Crippen LogP contribution is 2.21. The average molecular weight is 318 g/mol. The highest BCUT2D eigenvalue weighted by Gasteiger charge is 2.21. The van der Waals surface area contributed by atoms with Crippen LogP contribution in [0.25, 0.3) is 0 Å². The van der Waals surface area contributed by atoms with Gasteiger partial charge in [0, 0.05) is 25.7 Å². The molecule has 126 valence electrons. The Morgan fingerprint density at radius 3 is 2.48 bits per heavy atom. The Kier molecular flexibility index (Phi) is 5.43. The van der Waals surface area contributed by atoms with Crippen LogP contribution in [0.1, 0.15) is 55.4 Å². The molecule has 2 aliphatic rings.